The minimum absolute atomic E-state index is 0.157. The minimum atomic E-state index is -0.733. The lowest BCUT2D eigenvalue weighted by Gasteiger charge is -2.32. The number of hydrogen-bond donors (Lipinski definition) is 2. The number of rotatable bonds is 9. The van der Waals surface area contributed by atoms with Gasteiger partial charge in [0, 0.05) is 12.1 Å². The first-order chi connectivity index (χ1) is 13.1. The van der Waals surface area contributed by atoms with Gasteiger partial charge in [0.2, 0.25) is 5.91 Å². The van der Waals surface area contributed by atoms with Gasteiger partial charge in [-0.15, -0.1) is 0 Å². The zero-order chi connectivity index (χ0) is 20.9. The zero-order valence-corrected chi connectivity index (χ0v) is 18.2. The summed E-state index contributed by atoms with van der Waals surface area (Å²) in [5.74, 6) is -0.583. The van der Waals surface area contributed by atoms with Crippen LogP contribution in [0.15, 0.2) is 24.3 Å². The number of hydrogen-bond acceptors (Lipinski definition) is 5. The lowest BCUT2D eigenvalue weighted by molar-refractivity contribution is -0.123. The summed E-state index contributed by atoms with van der Waals surface area (Å²) in [4.78, 5) is 12.5. The summed E-state index contributed by atoms with van der Waals surface area (Å²) >= 11 is 6.06. The molecule has 0 saturated carbocycles. The summed E-state index contributed by atoms with van der Waals surface area (Å²) in [6.45, 7) is 8.14. The number of halogens is 1. The second-order valence-electron chi connectivity index (χ2n) is 8.32. The highest BCUT2D eigenvalue weighted by Gasteiger charge is 2.54. The lowest BCUT2D eigenvalue weighted by Crippen LogP contribution is -2.53. The highest BCUT2D eigenvalue weighted by Crippen LogP contribution is 2.38. The minimum Gasteiger partial charge on any atom is -0.402 e. The van der Waals surface area contributed by atoms with Crippen LogP contribution in [0.2, 0.25) is 5.02 Å². The second kappa shape index (κ2) is 9.59. The summed E-state index contributed by atoms with van der Waals surface area (Å²) in [5.41, 5.74) is 6.10. The molecule has 1 aromatic rings. The topological polar surface area (TPSA) is 82.8 Å². The SMILES string of the molecule is COCC(N)C(=O)N[C@@H](CCCc1cccc(Cl)c1)B1OC(C)(C)C(C)(C)O1. The van der Waals surface area contributed by atoms with E-state index in [-0.39, 0.29) is 18.5 Å². The summed E-state index contributed by atoms with van der Waals surface area (Å²) in [6, 6.07) is 7.06. The third-order valence-corrected chi connectivity index (χ3v) is 5.72. The van der Waals surface area contributed by atoms with Crippen molar-refractivity contribution in [3.8, 4) is 0 Å². The Hall–Kier alpha value is -1.12. The van der Waals surface area contributed by atoms with Crippen LogP contribution in [0.3, 0.4) is 0 Å². The Morgan fingerprint density at radius 1 is 1.29 bits per heavy atom. The first-order valence-corrected chi connectivity index (χ1v) is 10.1. The normalized spacial score (nSPS) is 20.0. The molecule has 2 rings (SSSR count). The van der Waals surface area contributed by atoms with Crippen molar-refractivity contribution < 1.29 is 18.8 Å². The Morgan fingerprint density at radius 2 is 1.93 bits per heavy atom. The third-order valence-electron chi connectivity index (χ3n) is 5.48. The number of nitrogens with one attached hydrogen (secondary N) is 1. The maximum Gasteiger partial charge on any atom is 0.481 e. The zero-order valence-electron chi connectivity index (χ0n) is 17.5. The van der Waals surface area contributed by atoms with Crippen molar-refractivity contribution in [2.45, 2.75) is 70.1 Å². The predicted molar refractivity (Wildman–Crippen MR) is 112 cm³/mol. The molecule has 1 amide bonds. The first-order valence-electron chi connectivity index (χ1n) is 9.71. The van der Waals surface area contributed by atoms with Gasteiger partial charge in [0.15, 0.2) is 0 Å². The molecule has 0 radical (unpaired) electrons. The number of amides is 1. The van der Waals surface area contributed by atoms with Crippen LogP contribution in [0.4, 0.5) is 0 Å². The molecule has 156 valence electrons. The molecule has 28 heavy (non-hydrogen) atoms. The Morgan fingerprint density at radius 3 is 2.50 bits per heavy atom. The largest absolute Gasteiger partial charge is 0.481 e. The van der Waals surface area contributed by atoms with Gasteiger partial charge in [0.05, 0.1) is 23.8 Å². The van der Waals surface area contributed by atoms with E-state index in [1.165, 1.54) is 7.11 Å². The molecule has 1 heterocycles. The maximum absolute atomic E-state index is 12.5. The molecule has 1 saturated heterocycles. The van der Waals surface area contributed by atoms with E-state index in [1.54, 1.807) is 0 Å². The molecule has 0 aliphatic carbocycles. The van der Waals surface area contributed by atoms with Crippen molar-refractivity contribution in [1.82, 2.24) is 5.32 Å². The quantitative estimate of drug-likeness (QED) is 0.612. The van der Waals surface area contributed by atoms with E-state index >= 15 is 0 Å². The third kappa shape index (κ3) is 5.94. The maximum atomic E-state index is 12.5. The summed E-state index contributed by atoms with van der Waals surface area (Å²) < 4.78 is 17.3. The van der Waals surface area contributed by atoms with Crippen LogP contribution in [0, 0.1) is 0 Å². The average molecular weight is 411 g/mol. The molecule has 3 N–H and O–H groups in total. The van der Waals surface area contributed by atoms with Crippen LogP contribution in [0.1, 0.15) is 46.1 Å². The van der Waals surface area contributed by atoms with E-state index in [4.69, 9.17) is 31.4 Å². The molecule has 1 aromatic carbocycles. The predicted octanol–water partition coefficient (Wildman–Crippen LogP) is 2.75. The second-order valence-corrected chi connectivity index (χ2v) is 8.76. The van der Waals surface area contributed by atoms with E-state index in [2.05, 4.69) is 5.32 Å². The van der Waals surface area contributed by atoms with Gasteiger partial charge in [-0.1, -0.05) is 23.7 Å². The number of nitrogens with two attached hydrogens (primary N) is 1. The van der Waals surface area contributed by atoms with Crippen molar-refractivity contribution in [2.75, 3.05) is 13.7 Å². The van der Waals surface area contributed by atoms with E-state index in [1.807, 2.05) is 52.0 Å². The Labute approximate surface area is 173 Å². The van der Waals surface area contributed by atoms with Gasteiger partial charge >= 0.3 is 7.12 Å². The molecule has 1 fully saturated rings. The molecule has 1 aliphatic rings. The number of methoxy groups -OCH3 is 1. The van der Waals surface area contributed by atoms with Crippen molar-refractivity contribution in [1.29, 1.82) is 0 Å². The van der Waals surface area contributed by atoms with Crippen molar-refractivity contribution in [2.24, 2.45) is 5.73 Å². The van der Waals surface area contributed by atoms with Crippen LogP contribution >= 0.6 is 11.6 Å². The van der Waals surface area contributed by atoms with E-state index in [0.29, 0.717) is 6.42 Å². The van der Waals surface area contributed by atoms with Gasteiger partial charge in [0.1, 0.15) is 6.04 Å². The Bertz CT molecular complexity index is 655. The number of benzene rings is 1. The number of aryl methyl sites for hydroxylation is 1. The molecule has 0 aromatic heterocycles. The van der Waals surface area contributed by atoms with Gasteiger partial charge in [-0.25, -0.2) is 0 Å². The smallest absolute Gasteiger partial charge is 0.402 e. The molecule has 6 nitrogen and oxygen atoms in total. The Balaban J connectivity index is 2.04. The van der Waals surface area contributed by atoms with Crippen molar-refractivity contribution in [3.05, 3.63) is 34.9 Å². The number of ether oxygens (including phenoxy) is 1. The van der Waals surface area contributed by atoms with Crippen molar-refractivity contribution in [3.63, 3.8) is 0 Å². The Kier molecular flexibility index (Phi) is 7.93. The molecule has 0 bridgehead atoms. The fourth-order valence-corrected chi connectivity index (χ4v) is 3.31. The molecule has 8 heteroatoms. The fourth-order valence-electron chi connectivity index (χ4n) is 3.09. The summed E-state index contributed by atoms with van der Waals surface area (Å²) in [6.07, 6.45) is 2.38. The summed E-state index contributed by atoms with van der Waals surface area (Å²) in [5, 5.41) is 3.72. The molecule has 0 spiro atoms. The lowest BCUT2D eigenvalue weighted by atomic mass is 9.75. The molecular formula is C20H32BClN2O4. The molecule has 1 aliphatic heterocycles. The highest BCUT2D eigenvalue weighted by molar-refractivity contribution is 6.48. The van der Waals surface area contributed by atoms with E-state index in [0.717, 1.165) is 23.4 Å². The highest BCUT2D eigenvalue weighted by atomic mass is 35.5. The van der Waals surface area contributed by atoms with Gasteiger partial charge < -0.3 is 25.1 Å². The van der Waals surface area contributed by atoms with Crippen LogP contribution in [-0.4, -0.2) is 49.9 Å². The van der Waals surface area contributed by atoms with E-state index in [9.17, 15) is 4.79 Å². The van der Waals surface area contributed by atoms with Gasteiger partial charge in [0.25, 0.3) is 0 Å². The standard InChI is InChI=1S/C20H32BClN2O4/c1-19(2)20(3,4)28-21(27-19)17(24-18(25)16(23)13-26-5)11-7-9-14-8-6-10-15(22)12-14/h6,8,10,12,16-17H,7,9,11,13,23H2,1-5H3,(H,24,25)/t16?,17-/m0/s1. The average Bonchev–Trinajstić information content (AvgIpc) is 2.81. The fraction of sp³-hybridized carbons (Fsp3) is 0.650. The number of carbonyl (C=O) groups is 1. The number of carbonyl (C=O) groups excluding carboxylic acids is 1. The summed E-state index contributed by atoms with van der Waals surface area (Å²) in [7, 11) is 0.979. The van der Waals surface area contributed by atoms with Gasteiger partial charge in [-0.05, 0) is 64.7 Å². The van der Waals surface area contributed by atoms with Crippen LogP contribution in [0.5, 0.6) is 0 Å². The molecular weight excluding hydrogens is 378 g/mol. The van der Waals surface area contributed by atoms with Crippen LogP contribution < -0.4 is 11.1 Å². The van der Waals surface area contributed by atoms with E-state index < -0.39 is 24.4 Å². The van der Waals surface area contributed by atoms with Crippen LogP contribution in [-0.2, 0) is 25.3 Å². The first kappa shape index (κ1) is 23.2. The molecule has 2 atom stereocenters. The van der Waals surface area contributed by atoms with Crippen LogP contribution in [0.25, 0.3) is 0 Å². The van der Waals surface area contributed by atoms with Gasteiger partial charge in [-0.3, -0.25) is 4.79 Å². The van der Waals surface area contributed by atoms with Crippen molar-refractivity contribution >= 4 is 24.6 Å². The molecule has 1 unspecified atom stereocenters. The monoisotopic (exact) mass is 410 g/mol. The van der Waals surface area contributed by atoms with Gasteiger partial charge in [-0.2, -0.15) is 0 Å².